The summed E-state index contributed by atoms with van der Waals surface area (Å²) in [4.78, 5) is 23.8. The van der Waals surface area contributed by atoms with Crippen LogP contribution in [0.5, 0.6) is 0 Å². The molecule has 0 unspecified atom stereocenters. The molecular weight excluding hydrogens is 328 g/mol. The molecule has 1 N–H and O–H groups in total. The van der Waals surface area contributed by atoms with Crippen molar-refractivity contribution in [1.82, 2.24) is 5.32 Å². The predicted octanol–water partition coefficient (Wildman–Crippen LogP) is 2.27. The Hall–Kier alpha value is -2.72. The summed E-state index contributed by atoms with van der Waals surface area (Å²) in [6.07, 6.45) is 0. The van der Waals surface area contributed by atoms with E-state index < -0.39 is 17.9 Å². The van der Waals surface area contributed by atoms with E-state index in [2.05, 4.69) is 28.8 Å². The highest BCUT2D eigenvalue weighted by molar-refractivity contribution is 7.84. The molecule has 0 aliphatic carbocycles. The summed E-state index contributed by atoms with van der Waals surface area (Å²) in [5, 5.41) is 12.8. The second-order valence-corrected chi connectivity index (χ2v) is 5.52. The molecule has 7 heteroatoms. The van der Waals surface area contributed by atoms with Crippen molar-refractivity contribution in [2.24, 2.45) is 0 Å². The van der Waals surface area contributed by atoms with Gasteiger partial charge in [0.2, 0.25) is 0 Å². The summed E-state index contributed by atoms with van der Waals surface area (Å²) in [7, 11) is 2.58. The molecule has 1 heterocycles. The van der Waals surface area contributed by atoms with Gasteiger partial charge in [0.25, 0.3) is 0 Å². The van der Waals surface area contributed by atoms with Crippen LogP contribution >= 0.6 is 12.6 Å². The smallest absolute Gasteiger partial charge is 0.337 e. The molecule has 1 aromatic carbocycles. The van der Waals surface area contributed by atoms with Crippen LogP contribution in [-0.2, 0) is 14.3 Å². The number of rotatable bonds is 3. The average molecular weight is 344 g/mol. The topological polar surface area (TPSA) is 88.4 Å². The number of nitrogens with one attached hydrogen (secondary N) is 1. The SMILES string of the molecule is COC(=O)C1=C(C)NC(S)=C(C#N)[C@@H]1c1ccc(C(=O)OC)cc1. The lowest BCUT2D eigenvalue weighted by atomic mass is 9.82. The first-order valence-corrected chi connectivity index (χ1v) is 7.46. The van der Waals surface area contributed by atoms with E-state index in [0.717, 1.165) is 0 Å². The van der Waals surface area contributed by atoms with E-state index in [4.69, 9.17) is 4.74 Å². The number of dihydropyridines is 1. The first kappa shape index (κ1) is 17.6. The maximum atomic E-state index is 12.2. The van der Waals surface area contributed by atoms with Crippen LogP contribution in [0.25, 0.3) is 0 Å². The normalized spacial score (nSPS) is 17.0. The molecule has 1 atom stereocenters. The number of ether oxygens (including phenoxy) is 2. The number of esters is 2. The Bertz CT molecular complexity index is 788. The van der Waals surface area contributed by atoms with Crippen molar-refractivity contribution in [2.75, 3.05) is 14.2 Å². The van der Waals surface area contributed by atoms with Crippen molar-refractivity contribution < 1.29 is 19.1 Å². The van der Waals surface area contributed by atoms with Gasteiger partial charge in [0.1, 0.15) is 0 Å². The van der Waals surface area contributed by atoms with E-state index in [1.54, 1.807) is 31.2 Å². The molecule has 2 rings (SSSR count). The standard InChI is InChI=1S/C17H16N2O4S/c1-9-13(17(21)23-3)14(12(8-18)15(24)19-9)10-4-6-11(7-5-10)16(20)22-2/h4-7,14,19,24H,1-3H3/t14-/m0/s1. The summed E-state index contributed by atoms with van der Waals surface area (Å²) in [6, 6.07) is 8.61. The monoisotopic (exact) mass is 344 g/mol. The lowest BCUT2D eigenvalue weighted by Crippen LogP contribution is -2.27. The number of nitrogens with zero attached hydrogens (tertiary/aromatic N) is 1. The van der Waals surface area contributed by atoms with Gasteiger partial charge in [-0.05, 0) is 24.6 Å². The summed E-state index contributed by atoms with van der Waals surface area (Å²) in [6.45, 7) is 1.71. The Morgan fingerprint density at radius 2 is 1.75 bits per heavy atom. The second-order valence-electron chi connectivity index (χ2n) is 5.08. The molecule has 0 saturated heterocycles. The molecule has 0 aromatic heterocycles. The number of thiol groups is 1. The van der Waals surface area contributed by atoms with Crippen LogP contribution in [0.1, 0.15) is 28.8 Å². The van der Waals surface area contributed by atoms with E-state index >= 15 is 0 Å². The van der Waals surface area contributed by atoms with Gasteiger partial charge in [0.15, 0.2) is 0 Å². The van der Waals surface area contributed by atoms with E-state index in [1.165, 1.54) is 14.2 Å². The fraction of sp³-hybridized carbons (Fsp3) is 0.235. The third-order valence-corrected chi connectivity index (χ3v) is 4.09. The predicted molar refractivity (Wildman–Crippen MR) is 90.0 cm³/mol. The van der Waals surface area contributed by atoms with E-state index in [-0.39, 0.29) is 0 Å². The van der Waals surface area contributed by atoms with Gasteiger partial charge >= 0.3 is 11.9 Å². The number of methoxy groups -OCH3 is 2. The first-order chi connectivity index (χ1) is 11.4. The Morgan fingerprint density at radius 3 is 2.25 bits per heavy atom. The van der Waals surface area contributed by atoms with Gasteiger partial charge in [-0.3, -0.25) is 0 Å². The molecule has 0 saturated carbocycles. The molecule has 0 fully saturated rings. The highest BCUT2D eigenvalue weighted by Gasteiger charge is 2.34. The minimum atomic E-state index is -0.622. The van der Waals surface area contributed by atoms with Crippen molar-refractivity contribution in [3.63, 3.8) is 0 Å². The van der Waals surface area contributed by atoms with Gasteiger partial charge < -0.3 is 14.8 Å². The number of benzene rings is 1. The van der Waals surface area contributed by atoms with E-state index in [9.17, 15) is 14.9 Å². The Labute approximate surface area is 145 Å². The quantitative estimate of drug-likeness (QED) is 0.646. The van der Waals surface area contributed by atoms with Gasteiger partial charge in [-0.15, -0.1) is 12.6 Å². The minimum absolute atomic E-state index is 0.301. The zero-order valence-corrected chi connectivity index (χ0v) is 14.3. The van der Waals surface area contributed by atoms with Gasteiger partial charge in [-0.1, -0.05) is 12.1 Å². The van der Waals surface area contributed by atoms with Gasteiger partial charge in [-0.2, -0.15) is 5.26 Å². The lowest BCUT2D eigenvalue weighted by Gasteiger charge is -2.27. The number of carbonyl (C=O) groups is 2. The Balaban J connectivity index is 2.56. The minimum Gasteiger partial charge on any atom is -0.466 e. The molecule has 1 aromatic rings. The fourth-order valence-electron chi connectivity index (χ4n) is 2.57. The zero-order chi connectivity index (χ0) is 17.9. The highest BCUT2D eigenvalue weighted by atomic mass is 32.1. The van der Waals surface area contributed by atoms with Crippen LogP contribution in [-0.4, -0.2) is 26.2 Å². The maximum absolute atomic E-state index is 12.2. The number of carbonyl (C=O) groups excluding carboxylic acids is 2. The van der Waals surface area contributed by atoms with Crippen molar-refractivity contribution in [3.8, 4) is 6.07 Å². The highest BCUT2D eigenvalue weighted by Crippen LogP contribution is 2.39. The second kappa shape index (κ2) is 7.23. The Kier molecular flexibility index (Phi) is 5.31. The van der Waals surface area contributed by atoms with Crippen LogP contribution in [0.3, 0.4) is 0 Å². The summed E-state index contributed by atoms with van der Waals surface area (Å²) < 4.78 is 9.52. The number of hydrogen-bond acceptors (Lipinski definition) is 7. The average Bonchev–Trinajstić information content (AvgIpc) is 2.60. The summed E-state index contributed by atoms with van der Waals surface area (Å²) in [5.41, 5.74) is 2.25. The first-order valence-electron chi connectivity index (χ1n) is 7.02. The maximum Gasteiger partial charge on any atom is 0.337 e. The van der Waals surface area contributed by atoms with Crippen molar-refractivity contribution in [3.05, 3.63) is 57.3 Å². The number of hydrogen-bond donors (Lipinski definition) is 2. The lowest BCUT2D eigenvalue weighted by molar-refractivity contribution is -0.136. The fourth-order valence-corrected chi connectivity index (χ4v) is 2.92. The summed E-state index contributed by atoms with van der Waals surface area (Å²) >= 11 is 4.30. The molecule has 0 radical (unpaired) electrons. The molecule has 24 heavy (non-hydrogen) atoms. The van der Waals surface area contributed by atoms with E-state index in [1.807, 2.05) is 0 Å². The number of allylic oxidation sites excluding steroid dienone is 2. The third kappa shape index (κ3) is 3.14. The largest absolute Gasteiger partial charge is 0.466 e. The van der Waals surface area contributed by atoms with Crippen LogP contribution in [0.4, 0.5) is 0 Å². The number of nitriles is 1. The van der Waals surface area contributed by atoms with Gasteiger partial charge in [0, 0.05) is 5.70 Å². The zero-order valence-electron chi connectivity index (χ0n) is 13.4. The van der Waals surface area contributed by atoms with Gasteiger partial charge in [-0.25, -0.2) is 9.59 Å². The molecule has 124 valence electrons. The van der Waals surface area contributed by atoms with Crippen molar-refractivity contribution in [1.29, 1.82) is 5.26 Å². The molecule has 0 spiro atoms. The molecule has 1 aliphatic heterocycles. The van der Waals surface area contributed by atoms with Crippen LogP contribution in [0.15, 0.2) is 46.1 Å². The van der Waals surface area contributed by atoms with Crippen molar-refractivity contribution >= 4 is 24.6 Å². The Morgan fingerprint density at radius 1 is 1.17 bits per heavy atom. The van der Waals surface area contributed by atoms with Crippen LogP contribution in [0.2, 0.25) is 0 Å². The molecule has 0 amide bonds. The van der Waals surface area contributed by atoms with Gasteiger partial charge in [0.05, 0.1) is 47.9 Å². The molecular formula is C17H16N2O4S. The summed E-state index contributed by atoms with van der Waals surface area (Å²) in [5.74, 6) is -1.61. The molecule has 0 bridgehead atoms. The molecule has 1 aliphatic rings. The van der Waals surface area contributed by atoms with Crippen molar-refractivity contribution in [2.45, 2.75) is 12.8 Å². The third-order valence-electron chi connectivity index (χ3n) is 3.73. The van der Waals surface area contributed by atoms with Crippen LogP contribution < -0.4 is 5.32 Å². The molecule has 6 nitrogen and oxygen atoms in total. The van der Waals surface area contributed by atoms with Crippen LogP contribution in [0, 0.1) is 11.3 Å². The van der Waals surface area contributed by atoms with E-state index in [0.29, 0.717) is 33.0 Å².